The lowest BCUT2D eigenvalue weighted by Crippen LogP contribution is -2.63. The van der Waals surface area contributed by atoms with Crippen LogP contribution in [0.25, 0.3) is 11.3 Å². The molecule has 136 valence electrons. The zero-order valence-electron chi connectivity index (χ0n) is 14.1. The third-order valence-electron chi connectivity index (χ3n) is 4.95. The van der Waals surface area contributed by atoms with Gasteiger partial charge in [-0.1, -0.05) is 48.3 Å². The van der Waals surface area contributed by atoms with Gasteiger partial charge in [-0.15, -0.1) is 0 Å². The van der Waals surface area contributed by atoms with Crippen LogP contribution in [0.4, 0.5) is 10.6 Å². The summed E-state index contributed by atoms with van der Waals surface area (Å²) in [4.78, 5) is 26.4. The van der Waals surface area contributed by atoms with E-state index in [9.17, 15) is 9.59 Å². The van der Waals surface area contributed by atoms with Gasteiger partial charge in [0.1, 0.15) is 11.0 Å². The van der Waals surface area contributed by atoms with E-state index in [1.807, 2.05) is 30.3 Å². The van der Waals surface area contributed by atoms with Crippen LogP contribution in [0.1, 0.15) is 25.7 Å². The van der Waals surface area contributed by atoms with Gasteiger partial charge in [-0.25, -0.2) is 4.79 Å². The molecule has 2 atom stereocenters. The molecule has 0 radical (unpaired) electrons. The number of carbonyl (C=O) groups excluding carboxylic acids is 2. The standard InChI is InChI=1S/C18H19BrN4O3/c19-15-16(11-6-2-1-3-7-11)26-22-17(15)21-18(25)23-10-14(24)20-12-8-4-5-9-13(12)23/h1-3,6-7,12-13H,4-5,8-10H2,(H,20,24)(H,21,22,25)/t12-,13+/m1/s1. The zero-order valence-corrected chi connectivity index (χ0v) is 15.7. The Bertz CT molecular complexity index is 823. The van der Waals surface area contributed by atoms with E-state index >= 15 is 0 Å². The van der Waals surface area contributed by atoms with Crippen molar-refractivity contribution in [2.24, 2.45) is 0 Å². The second-order valence-electron chi connectivity index (χ2n) is 6.62. The van der Waals surface area contributed by atoms with Gasteiger partial charge in [0.05, 0.1) is 6.04 Å². The first-order chi connectivity index (χ1) is 12.6. The van der Waals surface area contributed by atoms with Gasteiger partial charge in [0.25, 0.3) is 0 Å². The molecule has 1 aromatic carbocycles. The summed E-state index contributed by atoms with van der Waals surface area (Å²) in [5.74, 6) is 0.743. The number of piperazine rings is 1. The number of benzene rings is 1. The summed E-state index contributed by atoms with van der Waals surface area (Å²) in [7, 11) is 0. The Morgan fingerprint density at radius 1 is 1.27 bits per heavy atom. The van der Waals surface area contributed by atoms with Crippen LogP contribution < -0.4 is 10.6 Å². The maximum Gasteiger partial charge on any atom is 0.323 e. The Labute approximate surface area is 159 Å². The molecule has 1 aromatic heterocycles. The number of carbonyl (C=O) groups is 2. The molecule has 8 heteroatoms. The third-order valence-corrected chi connectivity index (χ3v) is 5.68. The highest BCUT2D eigenvalue weighted by molar-refractivity contribution is 9.10. The number of rotatable bonds is 2. The van der Waals surface area contributed by atoms with E-state index in [4.69, 9.17) is 4.52 Å². The molecule has 2 N–H and O–H groups in total. The number of hydrogen-bond acceptors (Lipinski definition) is 4. The predicted octanol–water partition coefficient (Wildman–Crippen LogP) is 3.38. The van der Waals surface area contributed by atoms with E-state index in [1.165, 1.54) is 0 Å². The van der Waals surface area contributed by atoms with E-state index in [0.29, 0.717) is 16.1 Å². The third kappa shape index (κ3) is 3.21. The Kier molecular flexibility index (Phi) is 4.67. The van der Waals surface area contributed by atoms with Crippen LogP contribution in [0.15, 0.2) is 39.3 Å². The first kappa shape index (κ1) is 17.1. The summed E-state index contributed by atoms with van der Waals surface area (Å²) in [6.45, 7) is 0.0635. The summed E-state index contributed by atoms with van der Waals surface area (Å²) in [6.07, 6.45) is 3.94. The maximum absolute atomic E-state index is 12.8. The summed E-state index contributed by atoms with van der Waals surface area (Å²) < 4.78 is 5.97. The number of urea groups is 1. The molecule has 0 unspecified atom stereocenters. The fraction of sp³-hybridized carbons (Fsp3) is 0.389. The quantitative estimate of drug-likeness (QED) is 0.782. The van der Waals surface area contributed by atoms with E-state index in [2.05, 4.69) is 31.7 Å². The van der Waals surface area contributed by atoms with Crippen LogP contribution in [-0.4, -0.2) is 40.6 Å². The Morgan fingerprint density at radius 2 is 2.04 bits per heavy atom. The summed E-state index contributed by atoms with van der Waals surface area (Å²) in [5.41, 5.74) is 0.858. The molecule has 3 amide bonds. The number of anilines is 1. The van der Waals surface area contributed by atoms with Crippen LogP contribution in [0.2, 0.25) is 0 Å². The van der Waals surface area contributed by atoms with Crippen molar-refractivity contribution in [3.63, 3.8) is 0 Å². The molecule has 7 nitrogen and oxygen atoms in total. The van der Waals surface area contributed by atoms with Crippen molar-refractivity contribution in [3.8, 4) is 11.3 Å². The van der Waals surface area contributed by atoms with Crippen LogP contribution in [0.5, 0.6) is 0 Å². The van der Waals surface area contributed by atoms with Gasteiger partial charge in [-0.3, -0.25) is 10.1 Å². The number of hydrogen-bond donors (Lipinski definition) is 2. The molecule has 2 aliphatic rings. The van der Waals surface area contributed by atoms with Crippen molar-refractivity contribution in [2.45, 2.75) is 37.8 Å². The number of amides is 3. The molecular weight excluding hydrogens is 400 g/mol. The monoisotopic (exact) mass is 418 g/mol. The lowest BCUT2D eigenvalue weighted by atomic mass is 9.87. The van der Waals surface area contributed by atoms with Crippen LogP contribution >= 0.6 is 15.9 Å². The highest BCUT2D eigenvalue weighted by atomic mass is 79.9. The van der Waals surface area contributed by atoms with Gasteiger partial charge in [0.15, 0.2) is 11.6 Å². The van der Waals surface area contributed by atoms with Crippen LogP contribution in [-0.2, 0) is 4.79 Å². The number of halogens is 1. The normalized spacial score (nSPS) is 22.5. The average Bonchev–Trinajstić information content (AvgIpc) is 3.02. The molecule has 1 saturated carbocycles. The highest BCUT2D eigenvalue weighted by Gasteiger charge is 2.39. The number of fused-ring (bicyclic) bond motifs is 1. The predicted molar refractivity (Wildman–Crippen MR) is 99.6 cm³/mol. The van der Waals surface area contributed by atoms with Gasteiger partial charge in [0, 0.05) is 11.6 Å². The van der Waals surface area contributed by atoms with Crippen molar-refractivity contribution < 1.29 is 14.1 Å². The molecule has 2 fully saturated rings. The maximum atomic E-state index is 12.8. The first-order valence-corrected chi connectivity index (χ1v) is 9.50. The summed E-state index contributed by atoms with van der Waals surface area (Å²) in [6, 6.07) is 9.26. The van der Waals surface area contributed by atoms with Crippen molar-refractivity contribution in [1.29, 1.82) is 0 Å². The Hall–Kier alpha value is -2.35. The molecule has 1 aliphatic heterocycles. The molecular formula is C18H19BrN4O3. The van der Waals surface area contributed by atoms with Crippen LogP contribution in [0, 0.1) is 0 Å². The number of nitrogens with zero attached hydrogens (tertiary/aromatic N) is 2. The summed E-state index contributed by atoms with van der Waals surface area (Å²) in [5, 5.41) is 9.75. The second kappa shape index (κ2) is 7.11. The van der Waals surface area contributed by atoms with E-state index in [1.54, 1.807) is 4.90 Å². The lowest BCUT2D eigenvalue weighted by molar-refractivity contribution is -0.126. The van der Waals surface area contributed by atoms with Gasteiger partial charge >= 0.3 is 6.03 Å². The zero-order chi connectivity index (χ0) is 18.1. The van der Waals surface area contributed by atoms with E-state index < -0.39 is 0 Å². The highest BCUT2D eigenvalue weighted by Crippen LogP contribution is 2.34. The number of aromatic nitrogens is 1. The molecule has 0 spiro atoms. The molecule has 0 bridgehead atoms. The van der Waals surface area contributed by atoms with Crippen molar-refractivity contribution in [1.82, 2.24) is 15.4 Å². The molecule has 4 rings (SSSR count). The Balaban J connectivity index is 1.53. The molecule has 1 saturated heterocycles. The van der Waals surface area contributed by atoms with Gasteiger partial charge in [-0.05, 0) is 28.8 Å². The minimum Gasteiger partial charge on any atom is -0.353 e. The van der Waals surface area contributed by atoms with Crippen LogP contribution in [0.3, 0.4) is 0 Å². The largest absolute Gasteiger partial charge is 0.353 e. The molecule has 1 aliphatic carbocycles. The molecule has 26 heavy (non-hydrogen) atoms. The average molecular weight is 419 g/mol. The van der Waals surface area contributed by atoms with E-state index in [-0.39, 0.29) is 30.6 Å². The number of nitrogens with one attached hydrogen (secondary N) is 2. The van der Waals surface area contributed by atoms with E-state index in [0.717, 1.165) is 31.2 Å². The fourth-order valence-corrected chi connectivity index (χ4v) is 4.17. The smallest absolute Gasteiger partial charge is 0.323 e. The lowest BCUT2D eigenvalue weighted by Gasteiger charge is -2.43. The molecule has 2 aromatic rings. The van der Waals surface area contributed by atoms with Crippen molar-refractivity contribution in [2.75, 3.05) is 11.9 Å². The summed E-state index contributed by atoms with van der Waals surface area (Å²) >= 11 is 3.45. The van der Waals surface area contributed by atoms with Gasteiger partial charge in [0.2, 0.25) is 5.91 Å². The van der Waals surface area contributed by atoms with Gasteiger partial charge in [-0.2, -0.15) is 0 Å². The minimum atomic E-state index is -0.328. The SMILES string of the molecule is O=C1CN(C(=O)Nc2noc(-c3ccccc3)c2Br)[C@H]2CCCC[C@H]2N1. The molecule has 2 heterocycles. The second-order valence-corrected chi connectivity index (χ2v) is 7.42. The topological polar surface area (TPSA) is 87.5 Å². The van der Waals surface area contributed by atoms with Gasteiger partial charge < -0.3 is 14.7 Å². The first-order valence-electron chi connectivity index (χ1n) is 8.71. The van der Waals surface area contributed by atoms with Crippen molar-refractivity contribution in [3.05, 3.63) is 34.8 Å². The van der Waals surface area contributed by atoms with Crippen molar-refractivity contribution >= 4 is 33.7 Å². The Morgan fingerprint density at radius 3 is 2.85 bits per heavy atom. The fourth-order valence-electron chi connectivity index (χ4n) is 3.70. The minimum absolute atomic E-state index is 0.0284.